The SMILES string of the molecule is C=C/C=C(/c1cc(C)cc(F)c1)c1cc(-c2[nH]nc3ncc(C(/C=C(/C)C=C)=C/C)cc23)[nH]c1C. The summed E-state index contributed by atoms with van der Waals surface area (Å²) in [6, 6.07) is 9.20. The molecule has 0 unspecified atom stereocenters. The van der Waals surface area contributed by atoms with E-state index in [-0.39, 0.29) is 5.82 Å². The van der Waals surface area contributed by atoms with E-state index in [1.165, 1.54) is 6.07 Å². The monoisotopic (exact) mass is 464 g/mol. The van der Waals surface area contributed by atoms with E-state index in [9.17, 15) is 4.39 Å². The number of nitrogens with one attached hydrogen (secondary N) is 2. The minimum absolute atomic E-state index is 0.262. The number of fused-ring (bicyclic) bond motifs is 1. The van der Waals surface area contributed by atoms with Crippen molar-refractivity contribution in [2.45, 2.75) is 27.7 Å². The van der Waals surface area contributed by atoms with Gasteiger partial charge in [-0.25, -0.2) is 9.37 Å². The molecule has 3 aromatic heterocycles. The van der Waals surface area contributed by atoms with Crippen molar-refractivity contribution in [3.05, 3.63) is 119 Å². The van der Waals surface area contributed by atoms with E-state index >= 15 is 0 Å². The lowest BCUT2D eigenvalue weighted by Crippen LogP contribution is -1.91. The van der Waals surface area contributed by atoms with Crippen LogP contribution < -0.4 is 0 Å². The molecular formula is C30H29FN4. The van der Waals surface area contributed by atoms with Gasteiger partial charge in [0.15, 0.2) is 5.65 Å². The summed E-state index contributed by atoms with van der Waals surface area (Å²) in [6.45, 7) is 15.6. The second-order valence-electron chi connectivity index (χ2n) is 8.59. The van der Waals surface area contributed by atoms with E-state index in [1.54, 1.807) is 12.1 Å². The number of allylic oxidation sites excluding steroid dienone is 7. The Morgan fingerprint density at radius 2 is 1.86 bits per heavy atom. The normalized spacial score (nSPS) is 12.9. The van der Waals surface area contributed by atoms with Crippen LogP contribution in [0.2, 0.25) is 0 Å². The van der Waals surface area contributed by atoms with Crippen LogP contribution in [0.1, 0.15) is 41.8 Å². The van der Waals surface area contributed by atoms with Gasteiger partial charge in [0, 0.05) is 28.4 Å². The zero-order valence-electron chi connectivity index (χ0n) is 20.5. The van der Waals surface area contributed by atoms with Gasteiger partial charge in [0.1, 0.15) is 5.82 Å². The van der Waals surface area contributed by atoms with Crippen molar-refractivity contribution in [2.24, 2.45) is 0 Å². The first-order chi connectivity index (χ1) is 16.8. The van der Waals surface area contributed by atoms with Crippen LogP contribution in [-0.2, 0) is 0 Å². The second kappa shape index (κ2) is 9.94. The third-order valence-corrected chi connectivity index (χ3v) is 5.97. The Balaban J connectivity index is 1.82. The number of hydrogen-bond donors (Lipinski definition) is 2. The average Bonchev–Trinajstić information content (AvgIpc) is 3.42. The Morgan fingerprint density at radius 1 is 1.06 bits per heavy atom. The van der Waals surface area contributed by atoms with Crippen LogP contribution in [0.15, 0.2) is 85.6 Å². The van der Waals surface area contributed by atoms with Crippen molar-refractivity contribution < 1.29 is 4.39 Å². The van der Waals surface area contributed by atoms with Gasteiger partial charge in [0.05, 0.1) is 11.4 Å². The fourth-order valence-corrected chi connectivity index (χ4v) is 4.22. The van der Waals surface area contributed by atoms with Gasteiger partial charge in [0.2, 0.25) is 0 Å². The van der Waals surface area contributed by atoms with Crippen LogP contribution in [0.25, 0.3) is 33.6 Å². The van der Waals surface area contributed by atoms with Crippen molar-refractivity contribution in [3.8, 4) is 11.4 Å². The quantitative estimate of drug-likeness (QED) is 0.274. The van der Waals surface area contributed by atoms with E-state index in [0.717, 1.165) is 61.4 Å². The molecule has 4 aromatic rings. The van der Waals surface area contributed by atoms with Crippen LogP contribution in [0.4, 0.5) is 4.39 Å². The average molecular weight is 465 g/mol. The molecule has 0 spiro atoms. The van der Waals surface area contributed by atoms with E-state index in [0.29, 0.717) is 5.65 Å². The summed E-state index contributed by atoms with van der Waals surface area (Å²) in [5.74, 6) is -0.262. The molecule has 0 bridgehead atoms. The van der Waals surface area contributed by atoms with E-state index in [2.05, 4.69) is 57.6 Å². The largest absolute Gasteiger partial charge is 0.357 e. The number of aromatic nitrogens is 4. The first kappa shape index (κ1) is 23.9. The Labute approximate surface area is 205 Å². The summed E-state index contributed by atoms with van der Waals surface area (Å²) in [4.78, 5) is 8.04. The van der Waals surface area contributed by atoms with Crippen LogP contribution in [-0.4, -0.2) is 20.2 Å². The number of rotatable bonds is 7. The maximum Gasteiger partial charge on any atom is 0.181 e. The summed E-state index contributed by atoms with van der Waals surface area (Å²) in [7, 11) is 0. The highest BCUT2D eigenvalue weighted by Crippen LogP contribution is 2.34. The predicted octanol–water partition coefficient (Wildman–Crippen LogP) is 7.86. The molecule has 4 nitrogen and oxygen atoms in total. The maximum atomic E-state index is 14.2. The molecule has 0 saturated carbocycles. The van der Waals surface area contributed by atoms with E-state index < -0.39 is 0 Å². The first-order valence-corrected chi connectivity index (χ1v) is 11.5. The molecule has 0 radical (unpaired) electrons. The van der Waals surface area contributed by atoms with Crippen LogP contribution >= 0.6 is 0 Å². The number of pyridine rings is 1. The molecule has 0 aliphatic heterocycles. The van der Waals surface area contributed by atoms with E-state index in [1.807, 2.05) is 52.1 Å². The van der Waals surface area contributed by atoms with Gasteiger partial charge in [-0.3, -0.25) is 5.10 Å². The summed E-state index contributed by atoms with van der Waals surface area (Å²) in [6.07, 6.45) is 11.4. The lowest BCUT2D eigenvalue weighted by Gasteiger charge is -2.09. The van der Waals surface area contributed by atoms with Crippen LogP contribution in [0.3, 0.4) is 0 Å². The van der Waals surface area contributed by atoms with Crippen molar-refractivity contribution in [1.82, 2.24) is 20.2 Å². The molecule has 3 heterocycles. The van der Waals surface area contributed by atoms with Gasteiger partial charge in [-0.05, 0) is 74.2 Å². The topological polar surface area (TPSA) is 57.4 Å². The predicted molar refractivity (Wildman–Crippen MR) is 144 cm³/mol. The zero-order chi connectivity index (χ0) is 25.1. The molecule has 0 aliphatic carbocycles. The minimum atomic E-state index is -0.262. The lowest BCUT2D eigenvalue weighted by molar-refractivity contribution is 0.626. The number of nitrogens with zero attached hydrogens (tertiary/aromatic N) is 2. The molecule has 176 valence electrons. The Bertz CT molecular complexity index is 1500. The van der Waals surface area contributed by atoms with E-state index in [4.69, 9.17) is 0 Å². The highest BCUT2D eigenvalue weighted by Gasteiger charge is 2.17. The van der Waals surface area contributed by atoms with Crippen molar-refractivity contribution in [2.75, 3.05) is 0 Å². The molecule has 0 amide bonds. The molecule has 35 heavy (non-hydrogen) atoms. The number of halogens is 1. The molecule has 4 rings (SSSR count). The second-order valence-corrected chi connectivity index (χ2v) is 8.59. The van der Waals surface area contributed by atoms with Gasteiger partial charge >= 0.3 is 0 Å². The van der Waals surface area contributed by atoms with Crippen LogP contribution in [0.5, 0.6) is 0 Å². The van der Waals surface area contributed by atoms with Crippen LogP contribution in [0, 0.1) is 19.7 Å². The first-order valence-electron chi connectivity index (χ1n) is 11.5. The minimum Gasteiger partial charge on any atom is -0.357 e. The highest BCUT2D eigenvalue weighted by molar-refractivity contribution is 5.94. The molecule has 0 atom stereocenters. The maximum absolute atomic E-state index is 14.2. The molecule has 0 saturated heterocycles. The molecular weight excluding hydrogens is 435 g/mol. The summed E-state index contributed by atoms with van der Waals surface area (Å²) in [5, 5.41) is 8.47. The molecule has 1 aromatic carbocycles. The number of aromatic amines is 2. The fraction of sp³-hybridized carbons (Fsp3) is 0.133. The summed E-state index contributed by atoms with van der Waals surface area (Å²) in [5.41, 5.74) is 9.98. The van der Waals surface area contributed by atoms with Gasteiger partial charge in [-0.1, -0.05) is 55.2 Å². The van der Waals surface area contributed by atoms with Gasteiger partial charge in [0.25, 0.3) is 0 Å². The molecule has 5 heteroatoms. The number of hydrogen-bond acceptors (Lipinski definition) is 2. The Kier molecular flexibility index (Phi) is 6.78. The van der Waals surface area contributed by atoms with Gasteiger partial charge in [-0.2, -0.15) is 5.10 Å². The van der Waals surface area contributed by atoms with Gasteiger partial charge in [-0.15, -0.1) is 0 Å². The third kappa shape index (κ3) is 4.85. The van der Waals surface area contributed by atoms with Crippen molar-refractivity contribution >= 4 is 22.2 Å². The molecule has 0 fully saturated rings. The summed E-state index contributed by atoms with van der Waals surface area (Å²) < 4.78 is 14.2. The fourth-order valence-electron chi connectivity index (χ4n) is 4.22. The smallest absolute Gasteiger partial charge is 0.181 e. The number of aryl methyl sites for hydroxylation is 2. The Morgan fingerprint density at radius 3 is 2.54 bits per heavy atom. The third-order valence-electron chi connectivity index (χ3n) is 5.97. The lowest BCUT2D eigenvalue weighted by atomic mass is 9.96. The van der Waals surface area contributed by atoms with Crippen molar-refractivity contribution in [3.63, 3.8) is 0 Å². The van der Waals surface area contributed by atoms with Gasteiger partial charge < -0.3 is 4.98 Å². The molecule has 0 aliphatic rings. The molecule has 2 N–H and O–H groups in total. The number of benzene rings is 1. The van der Waals surface area contributed by atoms with Crippen molar-refractivity contribution in [1.29, 1.82) is 0 Å². The summed E-state index contributed by atoms with van der Waals surface area (Å²) >= 11 is 0. The Hall–Kier alpha value is -4.25. The zero-order valence-corrected chi connectivity index (χ0v) is 20.5. The standard InChI is InChI=1S/C30H29FN4/c1-7-10-25(22-12-19(5)13-24(31)14-22)26-16-28(33-20(26)6)29-27-15-23(17-32-30(27)35-34-29)21(9-3)11-18(4)8-2/h7-17,33H,1-2H2,3-6H3,(H,32,34,35)/b18-11-,21-9+,25-10-. The number of H-pyrrole nitrogens is 2. The highest BCUT2D eigenvalue weighted by atomic mass is 19.1.